The molecule has 0 aliphatic carbocycles. The first-order chi connectivity index (χ1) is 17.8. The first-order valence-corrected chi connectivity index (χ1v) is 12.1. The lowest BCUT2D eigenvalue weighted by Crippen LogP contribution is -2.35. The van der Waals surface area contributed by atoms with Crippen LogP contribution in [0.25, 0.3) is 22.2 Å². The Bertz CT molecular complexity index is 1460. The Balaban J connectivity index is 1.35. The van der Waals surface area contributed by atoms with Crippen molar-refractivity contribution in [2.24, 2.45) is 0 Å². The van der Waals surface area contributed by atoms with Crippen LogP contribution in [0.4, 0.5) is 10.2 Å². The average Bonchev–Trinajstić information content (AvgIpc) is 3.62. The molecule has 0 unspecified atom stereocenters. The summed E-state index contributed by atoms with van der Waals surface area (Å²) in [6, 6.07) is 6.72. The highest BCUT2D eigenvalue weighted by atomic mass is 19.1. The number of carbonyl (C=O) groups is 2. The van der Waals surface area contributed by atoms with Gasteiger partial charge in [0.15, 0.2) is 17.3 Å². The number of anilines is 1. The van der Waals surface area contributed by atoms with Gasteiger partial charge in [-0.1, -0.05) is 31.1 Å². The predicted octanol–water partition coefficient (Wildman–Crippen LogP) is 2.92. The van der Waals surface area contributed by atoms with E-state index in [1.807, 2.05) is 19.9 Å². The molecule has 1 aliphatic rings. The minimum absolute atomic E-state index is 0.0230. The lowest BCUT2D eigenvalue weighted by Gasteiger charge is -2.17. The molecule has 0 saturated carbocycles. The highest BCUT2D eigenvalue weighted by molar-refractivity contribution is 6.00. The quantitative estimate of drug-likeness (QED) is 0.347. The van der Waals surface area contributed by atoms with Crippen molar-refractivity contribution in [3.05, 3.63) is 53.6 Å². The number of nitrogens with one attached hydrogen (secondary N) is 3. The molecule has 0 spiro atoms. The number of nitrogens with zero attached hydrogens (tertiary/aromatic N) is 5. The maximum atomic E-state index is 15.1. The van der Waals surface area contributed by atoms with Gasteiger partial charge in [-0.25, -0.2) is 9.37 Å². The van der Waals surface area contributed by atoms with Crippen LogP contribution >= 0.6 is 0 Å². The van der Waals surface area contributed by atoms with Gasteiger partial charge in [0, 0.05) is 50.3 Å². The molecule has 12 heteroatoms. The fraction of sp³-hybridized carbons (Fsp3) is 0.360. The summed E-state index contributed by atoms with van der Waals surface area (Å²) in [6.07, 6.45) is 2.45. The van der Waals surface area contributed by atoms with Crippen LogP contribution in [0.3, 0.4) is 0 Å². The number of aromatic amines is 1. The Morgan fingerprint density at radius 1 is 1.30 bits per heavy atom. The highest BCUT2D eigenvalue weighted by Crippen LogP contribution is 2.35. The molecule has 1 aromatic carbocycles. The lowest BCUT2D eigenvalue weighted by atomic mass is 10.0. The van der Waals surface area contributed by atoms with Gasteiger partial charge in [-0.15, -0.1) is 0 Å². The average molecular weight is 507 g/mol. The van der Waals surface area contributed by atoms with E-state index in [0.29, 0.717) is 35.0 Å². The minimum Gasteiger partial charge on any atom is -0.352 e. The first-order valence-electron chi connectivity index (χ1n) is 12.1. The van der Waals surface area contributed by atoms with E-state index >= 15 is 4.39 Å². The molecule has 1 atom stereocenters. The number of fused-ring (bicyclic) bond motifs is 1. The fourth-order valence-corrected chi connectivity index (χ4v) is 4.43. The summed E-state index contributed by atoms with van der Waals surface area (Å²) >= 11 is 0. The molecule has 1 fully saturated rings. The maximum Gasteiger partial charge on any atom is 0.315 e. The van der Waals surface area contributed by atoms with Gasteiger partial charge < -0.3 is 20.1 Å². The van der Waals surface area contributed by atoms with Crippen molar-refractivity contribution in [1.29, 1.82) is 0 Å². The molecule has 3 aromatic heterocycles. The van der Waals surface area contributed by atoms with Crippen molar-refractivity contribution in [3.8, 4) is 11.1 Å². The number of aromatic nitrogens is 5. The topological polar surface area (TPSA) is 142 Å². The summed E-state index contributed by atoms with van der Waals surface area (Å²) in [5, 5.41) is 17.6. The second-order valence-electron chi connectivity index (χ2n) is 9.36. The molecule has 4 heterocycles. The number of benzene rings is 1. The second-order valence-corrected chi connectivity index (χ2v) is 9.36. The zero-order valence-corrected chi connectivity index (χ0v) is 20.7. The summed E-state index contributed by atoms with van der Waals surface area (Å²) in [4.78, 5) is 34.3. The fourth-order valence-electron chi connectivity index (χ4n) is 4.43. The zero-order valence-electron chi connectivity index (χ0n) is 20.7. The minimum atomic E-state index is -0.565. The second kappa shape index (κ2) is 9.96. The van der Waals surface area contributed by atoms with Gasteiger partial charge in [-0.05, 0) is 29.7 Å². The van der Waals surface area contributed by atoms with Gasteiger partial charge in [-0.2, -0.15) is 10.1 Å². The number of H-pyrrole nitrogens is 1. The highest BCUT2D eigenvalue weighted by Gasteiger charge is 2.27. The van der Waals surface area contributed by atoms with Crippen LogP contribution in [0.2, 0.25) is 0 Å². The van der Waals surface area contributed by atoms with Gasteiger partial charge in [0.1, 0.15) is 5.82 Å². The number of pyridine rings is 1. The van der Waals surface area contributed by atoms with Crippen molar-refractivity contribution in [2.75, 3.05) is 18.0 Å². The smallest absolute Gasteiger partial charge is 0.315 e. The van der Waals surface area contributed by atoms with Crippen molar-refractivity contribution in [2.45, 2.75) is 45.7 Å². The Kier molecular flexibility index (Phi) is 6.55. The van der Waals surface area contributed by atoms with Gasteiger partial charge >= 0.3 is 11.8 Å². The lowest BCUT2D eigenvalue weighted by molar-refractivity contribution is -0.119. The van der Waals surface area contributed by atoms with Crippen LogP contribution in [0.1, 0.15) is 55.2 Å². The van der Waals surface area contributed by atoms with E-state index in [1.165, 1.54) is 13.0 Å². The molecular formula is C25H27FN8O3. The SMILES string of the molecule is CC(=O)N[C@@H]1CCN(c2n[nH]c3nccc(-c4ccc(CNC(=O)c5nc(C(C)C)no5)c(F)c4)c23)C1. The number of halogens is 1. The Labute approximate surface area is 211 Å². The summed E-state index contributed by atoms with van der Waals surface area (Å²) in [6.45, 7) is 6.60. The molecule has 192 valence electrons. The molecule has 2 amide bonds. The normalized spacial score (nSPS) is 15.5. The van der Waals surface area contributed by atoms with E-state index in [1.54, 1.807) is 18.3 Å². The number of hydrogen-bond donors (Lipinski definition) is 3. The third kappa shape index (κ3) is 4.99. The van der Waals surface area contributed by atoms with Crippen molar-refractivity contribution in [3.63, 3.8) is 0 Å². The van der Waals surface area contributed by atoms with Crippen molar-refractivity contribution in [1.82, 2.24) is 36.0 Å². The van der Waals surface area contributed by atoms with Crippen molar-refractivity contribution >= 4 is 28.7 Å². The molecule has 1 aliphatic heterocycles. The molecule has 0 bridgehead atoms. The molecule has 5 rings (SSSR count). The van der Waals surface area contributed by atoms with Crippen LogP contribution in [-0.4, -0.2) is 56.3 Å². The van der Waals surface area contributed by atoms with E-state index in [4.69, 9.17) is 4.52 Å². The van der Waals surface area contributed by atoms with E-state index in [-0.39, 0.29) is 30.3 Å². The number of rotatable bonds is 7. The molecule has 11 nitrogen and oxygen atoms in total. The summed E-state index contributed by atoms with van der Waals surface area (Å²) in [7, 11) is 0. The van der Waals surface area contributed by atoms with Crippen LogP contribution in [-0.2, 0) is 11.3 Å². The van der Waals surface area contributed by atoms with Crippen molar-refractivity contribution < 1.29 is 18.5 Å². The summed E-state index contributed by atoms with van der Waals surface area (Å²) in [5.74, 6) is -0.0846. The monoisotopic (exact) mass is 506 g/mol. The third-order valence-electron chi connectivity index (χ3n) is 6.29. The predicted molar refractivity (Wildman–Crippen MR) is 133 cm³/mol. The van der Waals surface area contributed by atoms with Crippen LogP contribution in [0.5, 0.6) is 0 Å². The molecule has 37 heavy (non-hydrogen) atoms. The standard InChI is InChI=1S/C25H27FN8O3/c1-13(2)21-30-25(37-33-21)24(36)28-11-16-5-4-15(10-19(16)26)18-6-8-27-22-20(18)23(32-31-22)34-9-7-17(12-34)29-14(3)35/h4-6,8,10,13,17H,7,9,11-12H2,1-3H3,(H,28,36)(H,29,35)(H,27,31,32)/t17-/m1/s1. The van der Waals surface area contributed by atoms with Gasteiger partial charge in [0.25, 0.3) is 0 Å². The molecule has 3 N–H and O–H groups in total. The Morgan fingerprint density at radius 2 is 2.14 bits per heavy atom. The van der Waals surface area contributed by atoms with Crippen LogP contribution in [0.15, 0.2) is 35.0 Å². The molecular weight excluding hydrogens is 479 g/mol. The number of hydrogen-bond acceptors (Lipinski definition) is 8. The molecule has 4 aromatic rings. The molecule has 0 radical (unpaired) electrons. The van der Waals surface area contributed by atoms with Gasteiger partial charge in [0.2, 0.25) is 5.91 Å². The third-order valence-corrected chi connectivity index (χ3v) is 6.29. The van der Waals surface area contributed by atoms with E-state index < -0.39 is 11.7 Å². The zero-order chi connectivity index (χ0) is 26.1. The Morgan fingerprint density at radius 3 is 2.86 bits per heavy atom. The van der Waals surface area contributed by atoms with E-state index in [0.717, 1.165) is 23.9 Å². The van der Waals surface area contributed by atoms with E-state index in [9.17, 15) is 9.59 Å². The van der Waals surface area contributed by atoms with Gasteiger partial charge in [-0.3, -0.25) is 14.7 Å². The Hall–Kier alpha value is -4.35. The maximum absolute atomic E-state index is 15.1. The van der Waals surface area contributed by atoms with Gasteiger partial charge in [0.05, 0.1) is 5.39 Å². The summed E-state index contributed by atoms with van der Waals surface area (Å²) in [5.41, 5.74) is 2.33. The molecule has 1 saturated heterocycles. The number of carbonyl (C=O) groups excluding carboxylic acids is 2. The van der Waals surface area contributed by atoms with Crippen LogP contribution < -0.4 is 15.5 Å². The van der Waals surface area contributed by atoms with E-state index in [2.05, 4.69) is 40.9 Å². The largest absolute Gasteiger partial charge is 0.352 e. The summed E-state index contributed by atoms with van der Waals surface area (Å²) < 4.78 is 20.1. The first kappa shape index (κ1) is 24.3. The van der Waals surface area contributed by atoms with Crippen LogP contribution in [0, 0.1) is 5.82 Å². The number of amides is 2.